The normalized spacial score (nSPS) is 14.1. The van der Waals surface area contributed by atoms with Crippen LogP contribution in [0.25, 0.3) is 0 Å². The van der Waals surface area contributed by atoms with Gasteiger partial charge in [0.25, 0.3) is 0 Å². The number of carbonyl (C=O) groups is 1. The first-order valence-electron chi connectivity index (χ1n) is 5.80. The molecule has 1 rings (SSSR count). The van der Waals surface area contributed by atoms with Crippen LogP contribution < -0.4 is 5.32 Å². The van der Waals surface area contributed by atoms with Gasteiger partial charge in [0.1, 0.15) is 0 Å². The van der Waals surface area contributed by atoms with E-state index in [9.17, 15) is 4.79 Å². The molecule has 0 bridgehead atoms. The summed E-state index contributed by atoms with van der Waals surface area (Å²) in [5, 5.41) is 11.6. The maximum Gasteiger partial charge on any atom is 0.233 e. The molecule has 4 heteroatoms. The van der Waals surface area contributed by atoms with Crippen molar-refractivity contribution in [3.05, 3.63) is 30.3 Å². The Morgan fingerprint density at radius 1 is 1.41 bits per heavy atom. The second-order valence-corrected chi connectivity index (χ2v) is 5.20. The monoisotopic (exact) mass is 253 g/mol. The summed E-state index contributed by atoms with van der Waals surface area (Å²) in [7, 11) is 0. The number of rotatable bonds is 6. The smallest absolute Gasteiger partial charge is 0.233 e. The lowest BCUT2D eigenvalue weighted by Gasteiger charge is -2.17. The molecular weight excluding hydrogens is 234 g/mol. The van der Waals surface area contributed by atoms with Crippen LogP contribution in [-0.2, 0) is 4.79 Å². The van der Waals surface area contributed by atoms with E-state index < -0.39 is 0 Å². The van der Waals surface area contributed by atoms with Crippen molar-refractivity contribution in [2.24, 2.45) is 0 Å². The van der Waals surface area contributed by atoms with E-state index in [1.807, 2.05) is 37.3 Å². The molecule has 2 unspecified atom stereocenters. The van der Waals surface area contributed by atoms with Crippen molar-refractivity contribution in [2.75, 3.05) is 6.61 Å². The van der Waals surface area contributed by atoms with E-state index in [0.717, 1.165) is 11.3 Å². The van der Waals surface area contributed by atoms with Gasteiger partial charge in [-0.1, -0.05) is 25.1 Å². The maximum absolute atomic E-state index is 11.9. The Morgan fingerprint density at radius 2 is 2.06 bits per heavy atom. The van der Waals surface area contributed by atoms with Gasteiger partial charge in [0.2, 0.25) is 5.91 Å². The molecule has 2 N–H and O–H groups in total. The standard InChI is InChI=1S/C13H19NO2S/c1-3-12(13(16)14-10(2)9-15)17-11-7-5-4-6-8-11/h4-8,10,12,15H,3,9H2,1-2H3,(H,14,16). The predicted molar refractivity (Wildman–Crippen MR) is 71.1 cm³/mol. The fourth-order valence-electron chi connectivity index (χ4n) is 1.37. The van der Waals surface area contributed by atoms with E-state index in [4.69, 9.17) is 5.11 Å². The molecule has 0 aromatic heterocycles. The third kappa shape index (κ3) is 4.79. The Labute approximate surface area is 107 Å². The molecule has 0 saturated carbocycles. The maximum atomic E-state index is 11.9. The first-order valence-corrected chi connectivity index (χ1v) is 6.68. The van der Waals surface area contributed by atoms with Crippen LogP contribution in [0.15, 0.2) is 35.2 Å². The lowest BCUT2D eigenvalue weighted by molar-refractivity contribution is -0.121. The minimum Gasteiger partial charge on any atom is -0.394 e. The van der Waals surface area contributed by atoms with Gasteiger partial charge in [0.15, 0.2) is 0 Å². The van der Waals surface area contributed by atoms with E-state index in [0.29, 0.717) is 0 Å². The van der Waals surface area contributed by atoms with Gasteiger partial charge in [0.05, 0.1) is 11.9 Å². The molecule has 1 aromatic carbocycles. The number of hydrogen-bond acceptors (Lipinski definition) is 3. The largest absolute Gasteiger partial charge is 0.394 e. The van der Waals surface area contributed by atoms with Crippen LogP contribution in [0.3, 0.4) is 0 Å². The summed E-state index contributed by atoms with van der Waals surface area (Å²) in [6.45, 7) is 3.75. The highest BCUT2D eigenvalue weighted by molar-refractivity contribution is 8.00. The zero-order chi connectivity index (χ0) is 12.7. The van der Waals surface area contributed by atoms with Gasteiger partial charge >= 0.3 is 0 Å². The Kier molecular flexibility index (Phi) is 6.08. The zero-order valence-electron chi connectivity index (χ0n) is 10.2. The van der Waals surface area contributed by atoms with Crippen LogP contribution in [0, 0.1) is 0 Å². The lowest BCUT2D eigenvalue weighted by atomic mass is 10.3. The number of nitrogens with one attached hydrogen (secondary N) is 1. The third-order valence-electron chi connectivity index (χ3n) is 2.35. The zero-order valence-corrected chi connectivity index (χ0v) is 11.0. The molecule has 0 fully saturated rings. The second kappa shape index (κ2) is 7.35. The molecule has 17 heavy (non-hydrogen) atoms. The Balaban J connectivity index is 2.56. The van der Waals surface area contributed by atoms with Crippen molar-refractivity contribution in [2.45, 2.75) is 36.5 Å². The number of amides is 1. The van der Waals surface area contributed by atoms with Crippen LogP contribution in [-0.4, -0.2) is 28.9 Å². The van der Waals surface area contributed by atoms with Crippen molar-refractivity contribution in [1.82, 2.24) is 5.32 Å². The average Bonchev–Trinajstić information content (AvgIpc) is 2.36. The molecule has 1 aromatic rings. The van der Waals surface area contributed by atoms with Crippen LogP contribution in [0.5, 0.6) is 0 Å². The van der Waals surface area contributed by atoms with Gasteiger partial charge in [-0.25, -0.2) is 0 Å². The van der Waals surface area contributed by atoms with E-state index in [-0.39, 0.29) is 23.8 Å². The van der Waals surface area contributed by atoms with Gasteiger partial charge in [-0.3, -0.25) is 4.79 Å². The van der Waals surface area contributed by atoms with Crippen LogP contribution >= 0.6 is 11.8 Å². The van der Waals surface area contributed by atoms with Gasteiger partial charge in [0, 0.05) is 10.9 Å². The Morgan fingerprint density at radius 3 is 2.59 bits per heavy atom. The summed E-state index contributed by atoms with van der Waals surface area (Å²) in [6.07, 6.45) is 0.767. The van der Waals surface area contributed by atoms with Gasteiger partial charge < -0.3 is 10.4 Å². The van der Waals surface area contributed by atoms with Crippen LogP contribution in [0.4, 0.5) is 0 Å². The molecule has 0 heterocycles. The fraction of sp³-hybridized carbons (Fsp3) is 0.462. The summed E-state index contributed by atoms with van der Waals surface area (Å²) in [4.78, 5) is 13.0. The quantitative estimate of drug-likeness (QED) is 0.763. The minimum absolute atomic E-state index is 0.0112. The van der Waals surface area contributed by atoms with E-state index in [1.165, 1.54) is 0 Å². The van der Waals surface area contributed by atoms with Crippen molar-refractivity contribution in [3.63, 3.8) is 0 Å². The highest BCUT2D eigenvalue weighted by Crippen LogP contribution is 2.25. The van der Waals surface area contributed by atoms with Gasteiger partial charge in [-0.2, -0.15) is 0 Å². The molecule has 0 aliphatic heterocycles. The van der Waals surface area contributed by atoms with Crippen LogP contribution in [0.2, 0.25) is 0 Å². The predicted octanol–water partition coefficient (Wildman–Crippen LogP) is 2.05. The van der Waals surface area contributed by atoms with E-state index in [1.54, 1.807) is 18.7 Å². The molecule has 0 aliphatic carbocycles. The number of carbonyl (C=O) groups excluding carboxylic acids is 1. The molecule has 0 saturated heterocycles. The molecule has 3 nitrogen and oxygen atoms in total. The highest BCUT2D eigenvalue weighted by Gasteiger charge is 2.18. The lowest BCUT2D eigenvalue weighted by Crippen LogP contribution is -2.40. The van der Waals surface area contributed by atoms with Crippen molar-refractivity contribution >= 4 is 17.7 Å². The van der Waals surface area contributed by atoms with Crippen molar-refractivity contribution in [3.8, 4) is 0 Å². The molecule has 2 atom stereocenters. The summed E-state index contributed by atoms with van der Waals surface area (Å²) in [6, 6.07) is 9.69. The molecule has 0 radical (unpaired) electrons. The Bertz CT molecular complexity index is 343. The summed E-state index contributed by atoms with van der Waals surface area (Å²) in [5.74, 6) is -0.0112. The number of thioether (sulfide) groups is 1. The van der Waals surface area contributed by atoms with E-state index in [2.05, 4.69) is 5.32 Å². The average molecular weight is 253 g/mol. The summed E-state index contributed by atoms with van der Waals surface area (Å²) < 4.78 is 0. The topological polar surface area (TPSA) is 49.3 Å². The van der Waals surface area contributed by atoms with Gasteiger partial charge in [-0.15, -0.1) is 11.8 Å². The highest BCUT2D eigenvalue weighted by atomic mass is 32.2. The minimum atomic E-state index is -0.187. The number of aliphatic hydroxyl groups excluding tert-OH is 1. The fourth-order valence-corrected chi connectivity index (χ4v) is 2.35. The number of hydrogen-bond donors (Lipinski definition) is 2. The van der Waals surface area contributed by atoms with Crippen molar-refractivity contribution < 1.29 is 9.90 Å². The SMILES string of the molecule is CCC(Sc1ccccc1)C(=O)NC(C)CO. The van der Waals surface area contributed by atoms with E-state index >= 15 is 0 Å². The Hall–Kier alpha value is -1.00. The summed E-state index contributed by atoms with van der Waals surface area (Å²) in [5.41, 5.74) is 0. The van der Waals surface area contributed by atoms with Gasteiger partial charge in [-0.05, 0) is 25.5 Å². The molecule has 0 spiro atoms. The number of aliphatic hydroxyl groups is 1. The second-order valence-electron chi connectivity index (χ2n) is 3.92. The first kappa shape index (κ1) is 14.1. The molecule has 0 aliphatic rings. The molecular formula is C13H19NO2S. The van der Waals surface area contributed by atoms with Crippen molar-refractivity contribution in [1.29, 1.82) is 0 Å². The third-order valence-corrected chi connectivity index (χ3v) is 3.72. The van der Waals surface area contributed by atoms with Crippen LogP contribution in [0.1, 0.15) is 20.3 Å². The molecule has 1 amide bonds. The first-order chi connectivity index (χ1) is 8.17. The molecule has 94 valence electrons. The summed E-state index contributed by atoms with van der Waals surface area (Å²) >= 11 is 1.56. The number of benzene rings is 1.